The monoisotopic (exact) mass is 497 g/mol. The molecule has 0 bridgehead atoms. The van der Waals surface area contributed by atoms with E-state index in [0.717, 1.165) is 36.8 Å². The Kier molecular flexibility index (Phi) is 5.63. The molecule has 4 rings (SSSR count). The van der Waals surface area contributed by atoms with Crippen LogP contribution in [0.2, 0.25) is 0 Å². The molecule has 0 unspecified atom stereocenters. The molecule has 3 aromatic heterocycles. The fourth-order valence-electron chi connectivity index (χ4n) is 3.20. The second-order valence-corrected chi connectivity index (χ2v) is 9.93. The number of aryl methyl sites for hydroxylation is 2. The number of hydrazone groups is 1. The van der Waals surface area contributed by atoms with E-state index in [4.69, 9.17) is 0 Å². The van der Waals surface area contributed by atoms with Gasteiger partial charge in [0.2, 0.25) is 0 Å². The van der Waals surface area contributed by atoms with E-state index in [1.807, 2.05) is 42.6 Å². The van der Waals surface area contributed by atoms with Crippen molar-refractivity contribution in [1.29, 1.82) is 0 Å². The van der Waals surface area contributed by atoms with Crippen LogP contribution in [-0.2, 0) is 10.0 Å². The number of pyridine rings is 2. The summed E-state index contributed by atoms with van der Waals surface area (Å²) >= 11 is 3.39. The molecular formula is C22H20BrN5O2S. The Balaban J connectivity index is 1.69. The van der Waals surface area contributed by atoms with Crippen molar-refractivity contribution < 1.29 is 8.42 Å². The molecule has 7 nitrogen and oxygen atoms in total. The predicted octanol–water partition coefficient (Wildman–Crippen LogP) is 4.43. The molecule has 0 N–H and O–H groups in total. The topological polar surface area (TPSA) is 79.9 Å². The second kappa shape index (κ2) is 8.24. The number of aromatic nitrogens is 3. The average molecular weight is 498 g/mol. The van der Waals surface area contributed by atoms with Crippen molar-refractivity contribution in [2.75, 3.05) is 7.05 Å². The minimum absolute atomic E-state index is 0.181. The summed E-state index contributed by atoms with van der Waals surface area (Å²) in [7, 11) is -2.35. The van der Waals surface area contributed by atoms with Crippen LogP contribution < -0.4 is 0 Å². The molecule has 158 valence electrons. The molecule has 0 aliphatic carbocycles. The molecular weight excluding hydrogens is 478 g/mol. The number of fused-ring (bicyclic) bond motifs is 1. The smallest absolute Gasteiger partial charge is 0.278 e. The summed E-state index contributed by atoms with van der Waals surface area (Å²) in [6.07, 6.45) is 8.64. The van der Waals surface area contributed by atoms with Gasteiger partial charge in [0.25, 0.3) is 10.0 Å². The maximum Gasteiger partial charge on any atom is 0.278 e. The lowest BCUT2D eigenvalue weighted by Gasteiger charge is -2.14. The summed E-state index contributed by atoms with van der Waals surface area (Å²) in [5, 5.41) is 4.18. The summed E-state index contributed by atoms with van der Waals surface area (Å²) in [5.41, 5.74) is 5.23. The van der Waals surface area contributed by atoms with Gasteiger partial charge < -0.3 is 0 Å². The Morgan fingerprint density at radius 3 is 2.61 bits per heavy atom. The Morgan fingerprint density at radius 1 is 1.10 bits per heavy atom. The van der Waals surface area contributed by atoms with Gasteiger partial charge in [0.1, 0.15) is 5.65 Å². The maximum absolute atomic E-state index is 12.9. The van der Waals surface area contributed by atoms with E-state index in [1.165, 1.54) is 13.3 Å². The standard InChI is InChI=1S/C22H20BrN5O2S/c1-15-10-20(6-7-21(15)23)31(29,30)27(3)26-13-19-12-25-22-16(2)9-18(14-28(19)22)17-5-4-8-24-11-17/h4-14H,1-3H3/b26-13+. The first-order valence-electron chi connectivity index (χ1n) is 9.44. The zero-order valence-electron chi connectivity index (χ0n) is 17.2. The third kappa shape index (κ3) is 4.11. The fraction of sp³-hybridized carbons (Fsp3) is 0.136. The van der Waals surface area contributed by atoms with Gasteiger partial charge in [0.05, 0.1) is 23.0 Å². The molecule has 0 saturated heterocycles. The largest absolute Gasteiger partial charge is 0.298 e. The second-order valence-electron chi connectivity index (χ2n) is 7.13. The Morgan fingerprint density at radius 2 is 1.90 bits per heavy atom. The normalized spacial score (nSPS) is 12.0. The number of hydrogen-bond acceptors (Lipinski definition) is 5. The minimum atomic E-state index is -3.77. The van der Waals surface area contributed by atoms with Gasteiger partial charge in [0, 0.05) is 41.2 Å². The quantitative estimate of drug-likeness (QED) is 0.301. The van der Waals surface area contributed by atoms with Gasteiger partial charge in [-0.3, -0.25) is 9.38 Å². The summed E-state index contributed by atoms with van der Waals surface area (Å²) in [6.45, 7) is 3.82. The number of imidazole rings is 1. The number of sulfonamides is 1. The summed E-state index contributed by atoms with van der Waals surface area (Å²) in [5.74, 6) is 0. The molecule has 0 amide bonds. The Labute approximate surface area is 189 Å². The van der Waals surface area contributed by atoms with Crippen molar-refractivity contribution in [2.24, 2.45) is 5.10 Å². The van der Waals surface area contributed by atoms with Crippen molar-refractivity contribution in [3.05, 3.63) is 82.5 Å². The summed E-state index contributed by atoms with van der Waals surface area (Å²) in [4.78, 5) is 8.82. The highest BCUT2D eigenvalue weighted by Gasteiger charge is 2.20. The van der Waals surface area contributed by atoms with Crippen molar-refractivity contribution >= 4 is 37.8 Å². The van der Waals surface area contributed by atoms with Crippen LogP contribution in [-0.4, -0.2) is 40.5 Å². The van der Waals surface area contributed by atoms with Gasteiger partial charge in [-0.25, -0.2) is 4.98 Å². The number of rotatable bonds is 5. The molecule has 0 radical (unpaired) electrons. The van der Waals surface area contributed by atoms with Crippen LogP contribution in [0, 0.1) is 13.8 Å². The third-order valence-corrected chi connectivity index (χ3v) is 7.47. The maximum atomic E-state index is 12.9. The molecule has 0 aliphatic heterocycles. The van der Waals surface area contributed by atoms with Crippen LogP contribution in [0.1, 0.15) is 16.8 Å². The predicted molar refractivity (Wildman–Crippen MR) is 125 cm³/mol. The first-order chi connectivity index (χ1) is 14.8. The van der Waals surface area contributed by atoms with E-state index in [2.05, 4.69) is 31.0 Å². The molecule has 31 heavy (non-hydrogen) atoms. The molecule has 0 spiro atoms. The van der Waals surface area contributed by atoms with Crippen molar-refractivity contribution in [2.45, 2.75) is 18.7 Å². The molecule has 4 aromatic rings. The van der Waals surface area contributed by atoms with E-state index in [-0.39, 0.29) is 4.90 Å². The lowest BCUT2D eigenvalue weighted by atomic mass is 10.1. The number of benzene rings is 1. The van der Waals surface area contributed by atoms with Gasteiger partial charge in [-0.05, 0) is 55.3 Å². The molecule has 3 heterocycles. The zero-order chi connectivity index (χ0) is 22.2. The van der Waals surface area contributed by atoms with Crippen molar-refractivity contribution in [1.82, 2.24) is 18.8 Å². The van der Waals surface area contributed by atoms with Crippen LogP contribution in [0.15, 0.2) is 75.7 Å². The van der Waals surface area contributed by atoms with Crippen molar-refractivity contribution in [3.63, 3.8) is 0 Å². The third-order valence-electron chi connectivity index (χ3n) is 4.94. The first-order valence-corrected chi connectivity index (χ1v) is 11.7. The number of hydrogen-bond donors (Lipinski definition) is 0. The Hall–Kier alpha value is -3.04. The van der Waals surface area contributed by atoms with E-state index < -0.39 is 10.0 Å². The molecule has 0 saturated carbocycles. The van der Waals surface area contributed by atoms with Crippen LogP contribution in [0.25, 0.3) is 16.8 Å². The van der Waals surface area contributed by atoms with Crippen LogP contribution in [0.3, 0.4) is 0 Å². The van der Waals surface area contributed by atoms with Crippen LogP contribution in [0.5, 0.6) is 0 Å². The fourth-order valence-corrected chi connectivity index (χ4v) is 4.48. The summed E-state index contributed by atoms with van der Waals surface area (Å²) < 4.78 is 29.5. The Bertz CT molecular complexity index is 1400. The van der Waals surface area contributed by atoms with Gasteiger partial charge in [-0.1, -0.05) is 22.0 Å². The average Bonchev–Trinajstić information content (AvgIpc) is 3.18. The number of nitrogens with zero attached hydrogens (tertiary/aromatic N) is 5. The molecule has 0 aliphatic rings. The molecule has 0 atom stereocenters. The number of halogens is 1. The zero-order valence-corrected chi connectivity index (χ0v) is 19.6. The van der Waals surface area contributed by atoms with E-state index in [9.17, 15) is 8.42 Å². The highest BCUT2D eigenvalue weighted by atomic mass is 79.9. The molecule has 0 fully saturated rings. The van der Waals surface area contributed by atoms with Gasteiger partial charge in [-0.2, -0.15) is 17.9 Å². The van der Waals surface area contributed by atoms with Gasteiger partial charge in [-0.15, -0.1) is 0 Å². The lowest BCUT2D eigenvalue weighted by Crippen LogP contribution is -2.22. The highest BCUT2D eigenvalue weighted by molar-refractivity contribution is 9.10. The van der Waals surface area contributed by atoms with Crippen LogP contribution in [0.4, 0.5) is 0 Å². The first kappa shape index (κ1) is 21.2. The lowest BCUT2D eigenvalue weighted by molar-refractivity contribution is 0.491. The molecule has 1 aromatic carbocycles. The van der Waals surface area contributed by atoms with E-state index >= 15 is 0 Å². The summed E-state index contributed by atoms with van der Waals surface area (Å²) in [6, 6.07) is 10.8. The SMILES string of the molecule is Cc1cc(S(=O)(=O)N(C)/N=C/c2cnc3c(C)cc(-c4cccnc4)cn23)ccc1Br. The van der Waals surface area contributed by atoms with Crippen molar-refractivity contribution in [3.8, 4) is 11.1 Å². The van der Waals surface area contributed by atoms with E-state index in [1.54, 1.807) is 36.8 Å². The molecule has 9 heteroatoms. The minimum Gasteiger partial charge on any atom is -0.298 e. The van der Waals surface area contributed by atoms with Crippen LogP contribution >= 0.6 is 15.9 Å². The van der Waals surface area contributed by atoms with Gasteiger partial charge in [0.15, 0.2) is 0 Å². The van der Waals surface area contributed by atoms with E-state index in [0.29, 0.717) is 5.69 Å². The van der Waals surface area contributed by atoms with Gasteiger partial charge >= 0.3 is 0 Å². The highest BCUT2D eigenvalue weighted by Crippen LogP contribution is 2.24.